The van der Waals surface area contributed by atoms with E-state index in [1.807, 2.05) is 23.5 Å². The third-order valence-corrected chi connectivity index (χ3v) is 5.52. The summed E-state index contributed by atoms with van der Waals surface area (Å²) in [6.07, 6.45) is 1.09. The van der Waals surface area contributed by atoms with Gasteiger partial charge in [-0.15, -0.1) is 11.3 Å². The van der Waals surface area contributed by atoms with Crippen LogP contribution in [0.15, 0.2) is 34.1 Å². The van der Waals surface area contributed by atoms with Gasteiger partial charge in [-0.25, -0.2) is 0 Å². The number of benzene rings is 1. The highest BCUT2D eigenvalue weighted by molar-refractivity contribution is 9.10. The van der Waals surface area contributed by atoms with E-state index in [9.17, 15) is 0 Å². The van der Waals surface area contributed by atoms with Gasteiger partial charge in [-0.1, -0.05) is 28.1 Å². The van der Waals surface area contributed by atoms with Crippen LogP contribution in [0.4, 0.5) is 5.69 Å². The van der Waals surface area contributed by atoms with Crippen molar-refractivity contribution >= 4 is 50.2 Å². The minimum absolute atomic E-state index is 0.360. The van der Waals surface area contributed by atoms with Gasteiger partial charge in [-0.3, -0.25) is 0 Å². The topological polar surface area (TPSA) is 29.3 Å². The van der Waals surface area contributed by atoms with Gasteiger partial charge in [0.05, 0.1) is 6.04 Å². The van der Waals surface area contributed by atoms with Gasteiger partial charge >= 0.3 is 0 Å². The van der Waals surface area contributed by atoms with Crippen molar-refractivity contribution in [3.05, 3.63) is 50.1 Å². The van der Waals surface area contributed by atoms with Crippen LogP contribution in [0.2, 0.25) is 0 Å². The number of nitrogens with zero attached hydrogens (tertiary/aromatic N) is 1. The van der Waals surface area contributed by atoms with E-state index in [2.05, 4.69) is 45.3 Å². The van der Waals surface area contributed by atoms with Crippen LogP contribution < -0.4 is 10.6 Å². The Bertz CT molecular complexity index is 666. The molecule has 20 heavy (non-hydrogen) atoms. The predicted octanol–water partition coefficient (Wildman–Crippen LogP) is 4.27. The normalized spacial score (nSPS) is 17.9. The second kappa shape index (κ2) is 5.47. The lowest BCUT2D eigenvalue weighted by Crippen LogP contribution is -2.34. The molecule has 1 aromatic heterocycles. The predicted molar refractivity (Wildman–Crippen MR) is 93.8 cm³/mol. The summed E-state index contributed by atoms with van der Waals surface area (Å²) in [5, 5.41) is 2.18. The molecule has 1 unspecified atom stereocenters. The lowest BCUT2D eigenvalue weighted by atomic mass is 9.99. The van der Waals surface area contributed by atoms with Crippen LogP contribution in [0.25, 0.3) is 0 Å². The van der Waals surface area contributed by atoms with Crippen LogP contribution in [-0.4, -0.2) is 11.5 Å². The number of thiocarbonyl (C=S) groups is 1. The number of anilines is 1. The summed E-state index contributed by atoms with van der Waals surface area (Å²) in [6.45, 7) is 3.25. The second-order valence-corrected chi connectivity index (χ2v) is 7.30. The molecular formula is C15H15BrN2S2. The van der Waals surface area contributed by atoms with Crippen molar-refractivity contribution < 1.29 is 0 Å². The number of hydrogen-bond donors (Lipinski definition) is 1. The summed E-state index contributed by atoms with van der Waals surface area (Å²) >= 11 is 10.6. The first-order valence-corrected chi connectivity index (χ1v) is 8.58. The highest BCUT2D eigenvalue weighted by atomic mass is 79.9. The molecule has 1 aromatic carbocycles. The maximum Gasteiger partial charge on any atom is 0.106 e. The lowest BCUT2D eigenvalue weighted by molar-refractivity contribution is 0.632. The van der Waals surface area contributed by atoms with Crippen LogP contribution in [0.1, 0.15) is 29.0 Å². The number of hydrogen-bond acceptors (Lipinski definition) is 3. The maximum atomic E-state index is 5.90. The fraction of sp³-hybridized carbons (Fsp3) is 0.267. The lowest BCUT2D eigenvalue weighted by Gasteiger charge is -2.36. The van der Waals surface area contributed by atoms with E-state index in [4.69, 9.17) is 18.0 Å². The molecule has 3 rings (SSSR count). The molecule has 0 spiro atoms. The Hall–Kier alpha value is -0.910. The molecule has 0 amide bonds. The van der Waals surface area contributed by atoms with Crippen LogP contribution in [0, 0.1) is 0 Å². The van der Waals surface area contributed by atoms with Gasteiger partial charge in [0.25, 0.3) is 0 Å². The quantitative estimate of drug-likeness (QED) is 0.804. The van der Waals surface area contributed by atoms with E-state index in [-0.39, 0.29) is 0 Å². The van der Waals surface area contributed by atoms with Crippen molar-refractivity contribution in [3.63, 3.8) is 0 Å². The molecular weight excluding hydrogens is 352 g/mol. The smallest absolute Gasteiger partial charge is 0.106 e. The van der Waals surface area contributed by atoms with E-state index >= 15 is 0 Å². The summed E-state index contributed by atoms with van der Waals surface area (Å²) in [4.78, 5) is 4.35. The van der Waals surface area contributed by atoms with Crippen molar-refractivity contribution in [2.24, 2.45) is 5.73 Å². The standard InChI is InChI=1S/C15H15BrN2S2/c1-9-11-5-7-20-14(11)4-6-18(9)13-3-2-10(16)8-12(13)15(17)19/h2-3,5,7-9H,4,6H2,1H3,(H2,17,19). The van der Waals surface area contributed by atoms with E-state index < -0.39 is 0 Å². The molecule has 1 atom stereocenters. The van der Waals surface area contributed by atoms with Crippen LogP contribution >= 0.6 is 39.5 Å². The summed E-state index contributed by atoms with van der Waals surface area (Å²) in [5.41, 5.74) is 9.40. The Balaban J connectivity index is 2.04. The fourth-order valence-corrected chi connectivity index (χ4v) is 4.28. The Morgan fingerprint density at radius 1 is 1.45 bits per heavy atom. The van der Waals surface area contributed by atoms with Crippen LogP contribution in [0.3, 0.4) is 0 Å². The number of nitrogens with two attached hydrogens (primary N) is 1. The Morgan fingerprint density at radius 2 is 2.25 bits per heavy atom. The molecule has 2 N–H and O–H groups in total. The first-order chi connectivity index (χ1) is 9.58. The molecule has 2 aromatic rings. The zero-order chi connectivity index (χ0) is 14.3. The first-order valence-electron chi connectivity index (χ1n) is 6.50. The number of thiophene rings is 1. The van der Waals surface area contributed by atoms with Crippen molar-refractivity contribution in [1.29, 1.82) is 0 Å². The SMILES string of the molecule is CC1c2ccsc2CCN1c1ccc(Br)cc1C(N)=S. The van der Waals surface area contributed by atoms with E-state index in [0.717, 1.165) is 28.7 Å². The molecule has 104 valence electrons. The Kier molecular flexibility index (Phi) is 3.84. The summed E-state index contributed by atoms with van der Waals surface area (Å²) in [5.74, 6) is 0. The number of rotatable bonds is 2. The minimum Gasteiger partial charge on any atom is -0.389 e. The van der Waals surface area contributed by atoms with E-state index in [1.54, 1.807) is 0 Å². The summed E-state index contributed by atoms with van der Waals surface area (Å²) in [6, 6.07) is 8.75. The van der Waals surface area contributed by atoms with Gasteiger partial charge < -0.3 is 10.6 Å². The monoisotopic (exact) mass is 366 g/mol. The number of halogens is 1. The summed E-state index contributed by atoms with van der Waals surface area (Å²) < 4.78 is 1.00. The molecule has 2 heterocycles. The molecule has 0 saturated carbocycles. The van der Waals surface area contributed by atoms with Gasteiger partial charge in [0.1, 0.15) is 4.99 Å². The van der Waals surface area contributed by atoms with Crippen molar-refractivity contribution in [2.45, 2.75) is 19.4 Å². The van der Waals surface area contributed by atoms with Gasteiger partial charge in [-0.05, 0) is 48.6 Å². The molecule has 0 aliphatic carbocycles. The third kappa shape index (κ3) is 2.38. The highest BCUT2D eigenvalue weighted by Crippen LogP contribution is 2.37. The first kappa shape index (κ1) is 14.0. The van der Waals surface area contributed by atoms with Crippen molar-refractivity contribution in [2.75, 3.05) is 11.4 Å². The Morgan fingerprint density at radius 3 is 3.00 bits per heavy atom. The second-order valence-electron chi connectivity index (χ2n) is 4.94. The fourth-order valence-electron chi connectivity index (χ4n) is 2.79. The Labute approximate surface area is 136 Å². The third-order valence-electron chi connectivity index (χ3n) is 3.81. The minimum atomic E-state index is 0.360. The zero-order valence-electron chi connectivity index (χ0n) is 11.1. The number of fused-ring (bicyclic) bond motifs is 1. The summed E-state index contributed by atoms with van der Waals surface area (Å²) in [7, 11) is 0. The van der Waals surface area contributed by atoms with Crippen molar-refractivity contribution in [1.82, 2.24) is 0 Å². The molecule has 0 fully saturated rings. The van der Waals surface area contributed by atoms with E-state index in [0.29, 0.717) is 11.0 Å². The molecule has 0 saturated heterocycles. The largest absolute Gasteiger partial charge is 0.389 e. The van der Waals surface area contributed by atoms with Gasteiger partial charge in [0.2, 0.25) is 0 Å². The zero-order valence-corrected chi connectivity index (χ0v) is 14.3. The van der Waals surface area contributed by atoms with Crippen LogP contribution in [0.5, 0.6) is 0 Å². The molecule has 5 heteroatoms. The average Bonchev–Trinajstić information content (AvgIpc) is 2.89. The van der Waals surface area contributed by atoms with Crippen molar-refractivity contribution in [3.8, 4) is 0 Å². The molecule has 1 aliphatic heterocycles. The maximum absolute atomic E-state index is 5.90. The molecule has 1 aliphatic rings. The van der Waals surface area contributed by atoms with Gasteiger partial charge in [0.15, 0.2) is 0 Å². The molecule has 2 nitrogen and oxygen atoms in total. The van der Waals surface area contributed by atoms with Crippen LogP contribution in [-0.2, 0) is 6.42 Å². The van der Waals surface area contributed by atoms with E-state index in [1.165, 1.54) is 10.4 Å². The highest BCUT2D eigenvalue weighted by Gasteiger charge is 2.26. The van der Waals surface area contributed by atoms with Gasteiger partial charge in [-0.2, -0.15) is 0 Å². The average molecular weight is 367 g/mol. The molecule has 0 bridgehead atoms. The van der Waals surface area contributed by atoms with Gasteiger partial charge in [0, 0.05) is 27.1 Å². The molecule has 0 radical (unpaired) electrons.